The molecule has 1 aliphatic rings. The lowest BCUT2D eigenvalue weighted by Crippen LogP contribution is -2.26. The second-order valence-corrected chi connectivity index (χ2v) is 6.15. The Morgan fingerprint density at radius 2 is 1.77 bits per heavy atom. The van der Waals surface area contributed by atoms with Gasteiger partial charge in [-0.1, -0.05) is 48.5 Å². The van der Waals surface area contributed by atoms with E-state index in [2.05, 4.69) is 10.3 Å². The standard InChI is InChI=1S/C21H17N3O2/c1-14(25)23-18-11-12-22-19(15-7-3-2-4-8-15)20(18)24-13-16-9-5-6-10-17(16)21(24)26/h2-12H,13H2,1H3,(H,22,23,25). The highest BCUT2D eigenvalue weighted by molar-refractivity contribution is 6.14. The first-order chi connectivity index (χ1) is 12.6. The summed E-state index contributed by atoms with van der Waals surface area (Å²) in [6, 6.07) is 18.9. The molecule has 4 rings (SSSR count). The van der Waals surface area contributed by atoms with Crippen LogP contribution in [0.3, 0.4) is 0 Å². The van der Waals surface area contributed by atoms with Crippen LogP contribution in [0.1, 0.15) is 22.8 Å². The third-order valence-corrected chi connectivity index (χ3v) is 4.37. The van der Waals surface area contributed by atoms with E-state index in [9.17, 15) is 9.59 Å². The molecule has 0 radical (unpaired) electrons. The Morgan fingerprint density at radius 3 is 2.50 bits per heavy atom. The molecule has 1 aromatic heterocycles. The Kier molecular flexibility index (Phi) is 3.97. The minimum atomic E-state index is -0.194. The number of carbonyl (C=O) groups is 2. The molecule has 0 aliphatic carbocycles. The zero-order chi connectivity index (χ0) is 18.1. The number of benzene rings is 2. The maximum atomic E-state index is 13.0. The predicted molar refractivity (Wildman–Crippen MR) is 101 cm³/mol. The van der Waals surface area contributed by atoms with Crippen molar-refractivity contribution < 1.29 is 9.59 Å². The molecule has 5 heteroatoms. The van der Waals surface area contributed by atoms with Crippen LogP contribution in [0.2, 0.25) is 0 Å². The summed E-state index contributed by atoms with van der Waals surface area (Å²) < 4.78 is 0. The van der Waals surface area contributed by atoms with Crippen LogP contribution >= 0.6 is 0 Å². The van der Waals surface area contributed by atoms with Gasteiger partial charge < -0.3 is 5.32 Å². The van der Waals surface area contributed by atoms with E-state index in [1.165, 1.54) is 6.92 Å². The number of nitrogens with zero attached hydrogens (tertiary/aromatic N) is 2. The van der Waals surface area contributed by atoms with E-state index in [1.54, 1.807) is 17.2 Å². The zero-order valence-corrected chi connectivity index (χ0v) is 14.3. The highest BCUT2D eigenvalue weighted by Crippen LogP contribution is 2.39. The fraction of sp³-hybridized carbons (Fsp3) is 0.0952. The number of aromatic nitrogens is 1. The number of carbonyl (C=O) groups excluding carboxylic acids is 2. The number of anilines is 2. The average molecular weight is 343 g/mol. The number of hydrogen-bond acceptors (Lipinski definition) is 3. The molecule has 0 spiro atoms. The van der Waals surface area contributed by atoms with Crippen LogP contribution in [0.15, 0.2) is 66.9 Å². The van der Waals surface area contributed by atoms with E-state index in [0.29, 0.717) is 29.2 Å². The molecule has 0 bridgehead atoms. The monoisotopic (exact) mass is 343 g/mol. The number of nitrogens with one attached hydrogen (secondary N) is 1. The van der Waals surface area contributed by atoms with Crippen molar-refractivity contribution in [2.45, 2.75) is 13.5 Å². The van der Waals surface area contributed by atoms with E-state index in [-0.39, 0.29) is 11.8 Å². The molecule has 128 valence electrons. The van der Waals surface area contributed by atoms with Crippen molar-refractivity contribution in [3.05, 3.63) is 78.0 Å². The lowest BCUT2D eigenvalue weighted by molar-refractivity contribution is -0.114. The Hall–Kier alpha value is -3.47. The topological polar surface area (TPSA) is 62.3 Å². The van der Waals surface area contributed by atoms with Gasteiger partial charge >= 0.3 is 0 Å². The van der Waals surface area contributed by atoms with Gasteiger partial charge in [-0.2, -0.15) is 0 Å². The zero-order valence-electron chi connectivity index (χ0n) is 14.3. The summed E-state index contributed by atoms with van der Waals surface area (Å²) >= 11 is 0. The molecule has 2 aromatic carbocycles. The van der Waals surface area contributed by atoms with Crippen molar-refractivity contribution in [3.8, 4) is 11.3 Å². The summed E-state index contributed by atoms with van der Waals surface area (Å²) in [5.41, 5.74) is 4.40. The van der Waals surface area contributed by atoms with Gasteiger partial charge in [-0.05, 0) is 17.7 Å². The minimum absolute atomic E-state index is 0.0858. The molecule has 1 N–H and O–H groups in total. The van der Waals surface area contributed by atoms with Gasteiger partial charge in [0.2, 0.25) is 5.91 Å². The average Bonchev–Trinajstić information content (AvgIpc) is 2.98. The maximum absolute atomic E-state index is 13.0. The summed E-state index contributed by atoms with van der Waals surface area (Å²) in [4.78, 5) is 30.9. The highest BCUT2D eigenvalue weighted by Gasteiger charge is 2.32. The van der Waals surface area contributed by atoms with Crippen LogP contribution in [0.25, 0.3) is 11.3 Å². The fourth-order valence-electron chi connectivity index (χ4n) is 3.26. The second-order valence-electron chi connectivity index (χ2n) is 6.15. The van der Waals surface area contributed by atoms with E-state index in [4.69, 9.17) is 0 Å². The van der Waals surface area contributed by atoms with Gasteiger partial charge in [0.15, 0.2) is 0 Å². The van der Waals surface area contributed by atoms with E-state index >= 15 is 0 Å². The van der Waals surface area contributed by atoms with Gasteiger partial charge in [0.1, 0.15) is 0 Å². The molecule has 0 fully saturated rings. The molecule has 26 heavy (non-hydrogen) atoms. The number of rotatable bonds is 3. The van der Waals surface area contributed by atoms with Gasteiger partial charge in [0.25, 0.3) is 5.91 Å². The lowest BCUT2D eigenvalue weighted by Gasteiger charge is -2.22. The summed E-state index contributed by atoms with van der Waals surface area (Å²) in [7, 11) is 0. The van der Waals surface area contributed by atoms with Crippen LogP contribution in [-0.2, 0) is 11.3 Å². The molecule has 1 aliphatic heterocycles. The van der Waals surface area contributed by atoms with E-state index in [0.717, 1.165) is 11.1 Å². The largest absolute Gasteiger partial charge is 0.324 e. The van der Waals surface area contributed by atoms with Crippen molar-refractivity contribution in [1.82, 2.24) is 4.98 Å². The molecule has 2 heterocycles. The molecular formula is C21H17N3O2. The first kappa shape index (κ1) is 16.0. The Labute approximate surface area is 151 Å². The van der Waals surface area contributed by atoms with Gasteiger partial charge in [0, 0.05) is 24.2 Å². The van der Waals surface area contributed by atoms with Gasteiger partial charge in [-0.3, -0.25) is 19.5 Å². The van der Waals surface area contributed by atoms with Crippen LogP contribution < -0.4 is 10.2 Å². The molecule has 0 atom stereocenters. The van der Waals surface area contributed by atoms with Crippen LogP contribution in [0.5, 0.6) is 0 Å². The number of hydrogen-bond donors (Lipinski definition) is 1. The van der Waals surface area contributed by atoms with Gasteiger partial charge in [0.05, 0.1) is 23.6 Å². The molecule has 3 aromatic rings. The van der Waals surface area contributed by atoms with Crippen molar-refractivity contribution in [3.63, 3.8) is 0 Å². The summed E-state index contributed by atoms with van der Waals surface area (Å²) in [6.45, 7) is 1.90. The Balaban J connectivity index is 1.89. The fourth-order valence-corrected chi connectivity index (χ4v) is 3.26. The normalized spacial score (nSPS) is 12.8. The molecule has 2 amide bonds. The Morgan fingerprint density at radius 1 is 1.04 bits per heavy atom. The van der Waals surface area contributed by atoms with Gasteiger partial charge in [-0.15, -0.1) is 0 Å². The molecular weight excluding hydrogens is 326 g/mol. The smallest absolute Gasteiger partial charge is 0.259 e. The second kappa shape index (κ2) is 6.44. The lowest BCUT2D eigenvalue weighted by atomic mass is 10.1. The van der Waals surface area contributed by atoms with Crippen molar-refractivity contribution in [2.24, 2.45) is 0 Å². The third-order valence-electron chi connectivity index (χ3n) is 4.37. The van der Waals surface area contributed by atoms with Crippen LogP contribution in [0, 0.1) is 0 Å². The van der Waals surface area contributed by atoms with Gasteiger partial charge in [-0.25, -0.2) is 0 Å². The third kappa shape index (κ3) is 2.73. The van der Waals surface area contributed by atoms with Crippen molar-refractivity contribution >= 4 is 23.2 Å². The van der Waals surface area contributed by atoms with E-state index in [1.807, 2.05) is 54.6 Å². The Bertz CT molecular complexity index is 999. The minimum Gasteiger partial charge on any atom is -0.324 e. The molecule has 0 saturated carbocycles. The quantitative estimate of drug-likeness (QED) is 0.785. The van der Waals surface area contributed by atoms with Crippen LogP contribution in [0.4, 0.5) is 11.4 Å². The predicted octanol–water partition coefficient (Wildman–Crippen LogP) is 3.87. The first-order valence-electron chi connectivity index (χ1n) is 8.37. The van der Waals surface area contributed by atoms with Crippen molar-refractivity contribution in [1.29, 1.82) is 0 Å². The molecule has 0 saturated heterocycles. The number of amides is 2. The summed E-state index contributed by atoms with van der Waals surface area (Å²) in [5, 5.41) is 2.83. The molecule has 5 nitrogen and oxygen atoms in total. The first-order valence-corrected chi connectivity index (χ1v) is 8.37. The maximum Gasteiger partial charge on any atom is 0.259 e. The highest BCUT2D eigenvalue weighted by atomic mass is 16.2. The number of pyridine rings is 1. The SMILES string of the molecule is CC(=O)Nc1ccnc(-c2ccccc2)c1N1Cc2ccccc2C1=O. The van der Waals surface area contributed by atoms with E-state index < -0.39 is 0 Å². The summed E-state index contributed by atoms with van der Waals surface area (Å²) in [5.74, 6) is -0.280. The number of fused-ring (bicyclic) bond motifs is 1. The van der Waals surface area contributed by atoms with Crippen LogP contribution in [-0.4, -0.2) is 16.8 Å². The summed E-state index contributed by atoms with van der Waals surface area (Å²) in [6.07, 6.45) is 1.64. The molecule has 0 unspecified atom stereocenters. The van der Waals surface area contributed by atoms with Crippen molar-refractivity contribution in [2.75, 3.05) is 10.2 Å².